The number of aryl methyl sites for hydroxylation is 2. The van der Waals surface area contributed by atoms with Crippen LogP contribution in [0.3, 0.4) is 0 Å². The van der Waals surface area contributed by atoms with Gasteiger partial charge in [-0.25, -0.2) is 4.98 Å². The number of alkyl halides is 3. The Balaban J connectivity index is 1.54. The molecule has 4 rings (SSSR count). The Morgan fingerprint density at radius 2 is 1.87 bits per heavy atom. The molecule has 1 aliphatic heterocycles. The average Bonchev–Trinajstić information content (AvgIpc) is 3.02. The van der Waals surface area contributed by atoms with Gasteiger partial charge >= 0.3 is 6.36 Å². The minimum absolute atomic E-state index is 0.176. The predicted molar refractivity (Wildman–Crippen MR) is 105 cm³/mol. The number of hydrogen-bond acceptors (Lipinski definition) is 5. The molecule has 0 amide bonds. The molecule has 0 spiro atoms. The molecule has 0 bridgehead atoms. The zero-order valence-electron chi connectivity index (χ0n) is 16.8. The lowest BCUT2D eigenvalue weighted by atomic mass is 9.81. The second kappa shape index (κ2) is 7.33. The molecule has 3 aromatic rings. The summed E-state index contributed by atoms with van der Waals surface area (Å²) in [5.41, 5.74) is 1.96. The van der Waals surface area contributed by atoms with Crippen LogP contribution in [0.4, 0.5) is 18.9 Å². The van der Waals surface area contributed by atoms with Crippen LogP contribution in [0.1, 0.15) is 36.3 Å². The third-order valence-electron chi connectivity index (χ3n) is 5.52. The molecule has 7 nitrogen and oxygen atoms in total. The number of fused-ring (bicyclic) bond motifs is 1. The van der Waals surface area contributed by atoms with Crippen molar-refractivity contribution in [2.45, 2.75) is 39.5 Å². The molecule has 0 unspecified atom stereocenters. The summed E-state index contributed by atoms with van der Waals surface area (Å²) in [6.45, 7) is 6.93. The van der Waals surface area contributed by atoms with Gasteiger partial charge in [-0.15, -0.1) is 13.2 Å². The molecule has 1 aromatic carbocycles. The first-order chi connectivity index (χ1) is 14.1. The monoisotopic (exact) mass is 421 g/mol. The van der Waals surface area contributed by atoms with E-state index in [1.54, 1.807) is 26.0 Å². The van der Waals surface area contributed by atoms with Crippen LogP contribution in [0, 0.1) is 19.8 Å². The smallest absolute Gasteiger partial charge is 0.406 e. The van der Waals surface area contributed by atoms with Crippen molar-refractivity contribution < 1.29 is 17.9 Å². The first-order valence-corrected chi connectivity index (χ1v) is 9.69. The van der Waals surface area contributed by atoms with Gasteiger partial charge in [0.25, 0.3) is 11.3 Å². The van der Waals surface area contributed by atoms with Crippen LogP contribution in [0.25, 0.3) is 5.78 Å². The molecule has 1 saturated heterocycles. The molecule has 0 saturated carbocycles. The summed E-state index contributed by atoms with van der Waals surface area (Å²) in [5, 5.41) is 2.91. The molecule has 1 fully saturated rings. The van der Waals surface area contributed by atoms with E-state index in [2.05, 4.69) is 26.7 Å². The summed E-state index contributed by atoms with van der Waals surface area (Å²) < 4.78 is 42.4. The van der Waals surface area contributed by atoms with Crippen molar-refractivity contribution in [2.24, 2.45) is 5.92 Å². The second-order valence-corrected chi connectivity index (χ2v) is 7.73. The van der Waals surface area contributed by atoms with E-state index in [1.165, 1.54) is 16.6 Å². The Hall–Kier alpha value is -3.04. The number of nitrogens with one attached hydrogen (secondary N) is 1. The van der Waals surface area contributed by atoms with Gasteiger partial charge in [0, 0.05) is 13.1 Å². The number of ether oxygens (including phenoxy) is 1. The summed E-state index contributed by atoms with van der Waals surface area (Å²) >= 11 is 0. The minimum Gasteiger partial charge on any atom is -0.406 e. The van der Waals surface area contributed by atoms with E-state index in [0.29, 0.717) is 36.1 Å². The first-order valence-electron chi connectivity index (χ1n) is 9.69. The van der Waals surface area contributed by atoms with Gasteiger partial charge in [-0.3, -0.25) is 9.89 Å². The number of halogens is 3. The van der Waals surface area contributed by atoms with Crippen LogP contribution in [-0.2, 0) is 0 Å². The van der Waals surface area contributed by atoms with E-state index in [0.717, 1.165) is 12.0 Å². The normalized spacial score (nSPS) is 20.0. The van der Waals surface area contributed by atoms with Crippen molar-refractivity contribution in [2.75, 3.05) is 18.0 Å². The topological polar surface area (TPSA) is 75.5 Å². The van der Waals surface area contributed by atoms with Crippen molar-refractivity contribution in [1.82, 2.24) is 19.6 Å². The van der Waals surface area contributed by atoms with Crippen LogP contribution in [-0.4, -0.2) is 39.0 Å². The Morgan fingerprint density at radius 1 is 1.17 bits per heavy atom. The Kier molecular flexibility index (Phi) is 4.95. The number of piperidine rings is 1. The number of hydrogen-bond donors (Lipinski definition) is 1. The van der Waals surface area contributed by atoms with Gasteiger partial charge in [0.15, 0.2) is 0 Å². The Labute approximate surface area is 170 Å². The Morgan fingerprint density at radius 3 is 2.50 bits per heavy atom. The summed E-state index contributed by atoms with van der Waals surface area (Å²) in [5.74, 6) is 1.10. The van der Waals surface area contributed by atoms with Crippen molar-refractivity contribution in [3.8, 4) is 5.75 Å². The van der Waals surface area contributed by atoms with E-state index in [4.69, 9.17) is 0 Å². The molecule has 2 atom stereocenters. The van der Waals surface area contributed by atoms with E-state index in [9.17, 15) is 18.0 Å². The highest BCUT2D eigenvalue weighted by Crippen LogP contribution is 2.35. The quantitative estimate of drug-likeness (QED) is 0.700. The van der Waals surface area contributed by atoms with Gasteiger partial charge in [0.1, 0.15) is 17.3 Å². The van der Waals surface area contributed by atoms with Gasteiger partial charge in [-0.1, -0.05) is 19.1 Å². The number of H-pyrrole nitrogens is 1. The van der Waals surface area contributed by atoms with Crippen LogP contribution in [0.15, 0.2) is 29.1 Å². The van der Waals surface area contributed by atoms with E-state index < -0.39 is 6.36 Å². The number of anilines is 1. The maximum atomic E-state index is 13.0. The highest BCUT2D eigenvalue weighted by Gasteiger charge is 2.32. The van der Waals surface area contributed by atoms with Crippen molar-refractivity contribution in [3.05, 3.63) is 51.7 Å². The molecule has 30 heavy (non-hydrogen) atoms. The summed E-state index contributed by atoms with van der Waals surface area (Å²) in [6.07, 6.45) is -3.93. The van der Waals surface area contributed by atoms with Crippen molar-refractivity contribution in [3.63, 3.8) is 0 Å². The van der Waals surface area contributed by atoms with Crippen LogP contribution >= 0.6 is 0 Å². The zero-order chi connectivity index (χ0) is 21.6. The van der Waals surface area contributed by atoms with Gasteiger partial charge < -0.3 is 9.64 Å². The number of aromatic nitrogens is 4. The number of aromatic amines is 1. The van der Waals surface area contributed by atoms with Crippen LogP contribution in [0.2, 0.25) is 0 Å². The number of benzene rings is 1. The SMILES string of the molecule is Cc1nc2nc(C)c(N3CC[C@@H](c4ccc(OC(F)(F)F)cc4)[C@@H](C)C3)c(=O)n2[nH]1. The molecule has 1 aliphatic rings. The van der Waals surface area contributed by atoms with Gasteiger partial charge in [0.05, 0.1) is 5.69 Å². The molecule has 0 aliphatic carbocycles. The van der Waals surface area contributed by atoms with Crippen molar-refractivity contribution >= 4 is 11.5 Å². The highest BCUT2D eigenvalue weighted by atomic mass is 19.4. The molecule has 0 radical (unpaired) electrons. The van der Waals surface area contributed by atoms with Crippen LogP contribution < -0.4 is 15.2 Å². The largest absolute Gasteiger partial charge is 0.573 e. The fraction of sp³-hybridized carbons (Fsp3) is 0.450. The molecule has 1 N–H and O–H groups in total. The summed E-state index contributed by atoms with van der Waals surface area (Å²) in [6, 6.07) is 6.05. The molecular formula is C20H22F3N5O2. The van der Waals surface area contributed by atoms with Crippen molar-refractivity contribution in [1.29, 1.82) is 0 Å². The molecule has 160 valence electrons. The van der Waals surface area contributed by atoms with E-state index >= 15 is 0 Å². The molecule has 2 aromatic heterocycles. The fourth-order valence-electron chi connectivity index (χ4n) is 4.24. The summed E-state index contributed by atoms with van der Waals surface area (Å²) in [7, 11) is 0. The average molecular weight is 421 g/mol. The predicted octanol–water partition coefficient (Wildman–Crippen LogP) is 3.56. The summed E-state index contributed by atoms with van der Waals surface area (Å²) in [4.78, 5) is 23.7. The zero-order valence-corrected chi connectivity index (χ0v) is 16.8. The lowest BCUT2D eigenvalue weighted by Crippen LogP contribution is -2.42. The lowest BCUT2D eigenvalue weighted by Gasteiger charge is -2.38. The fourth-order valence-corrected chi connectivity index (χ4v) is 4.24. The van der Waals surface area contributed by atoms with E-state index in [1.807, 2.05) is 4.90 Å². The maximum Gasteiger partial charge on any atom is 0.573 e. The van der Waals surface area contributed by atoms with Gasteiger partial charge in [-0.05, 0) is 49.8 Å². The Bertz CT molecular complexity index is 1120. The first kappa shape index (κ1) is 20.2. The minimum atomic E-state index is -4.70. The van der Waals surface area contributed by atoms with Gasteiger partial charge in [0.2, 0.25) is 0 Å². The van der Waals surface area contributed by atoms with Gasteiger partial charge in [-0.2, -0.15) is 9.50 Å². The highest BCUT2D eigenvalue weighted by molar-refractivity contribution is 5.52. The number of nitrogens with zero attached hydrogens (tertiary/aromatic N) is 4. The van der Waals surface area contributed by atoms with E-state index in [-0.39, 0.29) is 23.1 Å². The molecule has 10 heteroatoms. The second-order valence-electron chi connectivity index (χ2n) is 7.73. The lowest BCUT2D eigenvalue weighted by molar-refractivity contribution is -0.274. The number of rotatable bonds is 3. The third kappa shape index (κ3) is 3.86. The third-order valence-corrected chi connectivity index (χ3v) is 5.52. The maximum absolute atomic E-state index is 13.0. The standard InChI is InChI=1S/C20H22F3N5O2/c1-11-10-27(17-12(2)24-19-25-13(3)26-28(19)18(17)29)9-8-16(11)14-4-6-15(7-5-14)30-20(21,22)23/h4-7,11,16H,8-10H2,1-3H3,(H,24,25,26)/t11-,16+/m0/s1. The van der Waals surface area contributed by atoms with Crippen LogP contribution in [0.5, 0.6) is 5.75 Å². The molecular weight excluding hydrogens is 399 g/mol. The molecule has 3 heterocycles.